The third-order valence-electron chi connectivity index (χ3n) is 4.44. The Kier molecular flexibility index (Phi) is 4.75. The molecule has 0 radical (unpaired) electrons. The van der Waals surface area contributed by atoms with E-state index in [1.807, 2.05) is 55.6 Å². The van der Waals surface area contributed by atoms with Gasteiger partial charge in [-0.05, 0) is 49.4 Å². The summed E-state index contributed by atoms with van der Waals surface area (Å²) in [5.74, 6) is 1.10. The van der Waals surface area contributed by atoms with E-state index in [0.29, 0.717) is 22.1 Å². The van der Waals surface area contributed by atoms with Crippen LogP contribution in [0.4, 0.5) is 5.69 Å². The first-order chi connectivity index (χ1) is 13.6. The van der Waals surface area contributed by atoms with Gasteiger partial charge >= 0.3 is 0 Å². The number of nitrogens with one attached hydrogen (secondary N) is 2. The van der Waals surface area contributed by atoms with E-state index in [0.717, 1.165) is 27.2 Å². The van der Waals surface area contributed by atoms with Crippen LogP contribution in [0.1, 0.15) is 15.4 Å². The monoisotopic (exact) mass is 393 g/mol. The maximum Gasteiger partial charge on any atom is 0.267 e. The van der Waals surface area contributed by atoms with Crippen molar-refractivity contribution >= 4 is 33.8 Å². The summed E-state index contributed by atoms with van der Waals surface area (Å²) in [4.78, 5) is 21.1. The van der Waals surface area contributed by atoms with Gasteiger partial charge in [0.05, 0.1) is 19.9 Å². The van der Waals surface area contributed by atoms with Gasteiger partial charge in [-0.15, -0.1) is 11.3 Å². The number of thiazole rings is 1. The third-order valence-corrected chi connectivity index (χ3v) is 5.65. The van der Waals surface area contributed by atoms with E-state index >= 15 is 0 Å². The maximum atomic E-state index is 12.8. The number of anilines is 1. The van der Waals surface area contributed by atoms with Crippen molar-refractivity contribution in [3.63, 3.8) is 0 Å². The first kappa shape index (κ1) is 18.1. The second kappa shape index (κ2) is 7.36. The Balaban J connectivity index is 1.60. The molecule has 2 aromatic carbocycles. The molecule has 28 heavy (non-hydrogen) atoms. The molecule has 142 valence electrons. The van der Waals surface area contributed by atoms with Crippen molar-refractivity contribution in [3.8, 4) is 22.1 Å². The summed E-state index contributed by atoms with van der Waals surface area (Å²) in [7, 11) is 3.19. The lowest BCUT2D eigenvalue weighted by Crippen LogP contribution is -2.11. The first-order valence-electron chi connectivity index (χ1n) is 8.67. The lowest BCUT2D eigenvalue weighted by Gasteiger charge is -2.08. The van der Waals surface area contributed by atoms with Crippen LogP contribution in [0.5, 0.6) is 11.5 Å². The Hall–Kier alpha value is -3.32. The van der Waals surface area contributed by atoms with Crippen LogP contribution >= 0.6 is 11.3 Å². The average Bonchev–Trinajstić information content (AvgIpc) is 3.33. The third kappa shape index (κ3) is 3.32. The Morgan fingerprint density at radius 3 is 2.68 bits per heavy atom. The number of ether oxygens (including phenoxy) is 2. The highest BCUT2D eigenvalue weighted by Gasteiger charge is 2.18. The molecule has 0 spiro atoms. The zero-order valence-electron chi connectivity index (χ0n) is 15.7. The van der Waals surface area contributed by atoms with Crippen LogP contribution in [0.3, 0.4) is 0 Å². The number of rotatable bonds is 5. The van der Waals surface area contributed by atoms with E-state index in [4.69, 9.17) is 9.47 Å². The van der Waals surface area contributed by atoms with E-state index < -0.39 is 0 Å². The van der Waals surface area contributed by atoms with Crippen LogP contribution in [-0.2, 0) is 0 Å². The fraction of sp³-hybridized carbons (Fsp3) is 0.143. The van der Waals surface area contributed by atoms with Crippen LogP contribution in [-0.4, -0.2) is 30.1 Å². The van der Waals surface area contributed by atoms with E-state index in [-0.39, 0.29) is 5.91 Å². The molecule has 0 unspecified atom stereocenters. The minimum Gasteiger partial charge on any atom is -0.493 e. The van der Waals surface area contributed by atoms with Crippen molar-refractivity contribution in [2.75, 3.05) is 19.5 Å². The largest absolute Gasteiger partial charge is 0.493 e. The Morgan fingerprint density at radius 1 is 1.07 bits per heavy atom. The van der Waals surface area contributed by atoms with Crippen LogP contribution in [0.25, 0.3) is 21.5 Å². The molecule has 1 amide bonds. The average molecular weight is 393 g/mol. The molecule has 0 saturated carbocycles. The number of carbonyl (C=O) groups excluding carboxylic acids is 1. The molecular formula is C21H19N3O3S. The highest BCUT2D eigenvalue weighted by atomic mass is 32.1. The van der Waals surface area contributed by atoms with E-state index in [1.165, 1.54) is 11.3 Å². The number of amides is 1. The van der Waals surface area contributed by atoms with E-state index in [2.05, 4.69) is 15.3 Å². The van der Waals surface area contributed by atoms with E-state index in [1.54, 1.807) is 14.2 Å². The molecule has 0 aliphatic carbocycles. The van der Waals surface area contributed by atoms with Gasteiger partial charge in [-0.1, -0.05) is 0 Å². The van der Waals surface area contributed by atoms with E-state index in [9.17, 15) is 4.79 Å². The number of aromatic nitrogens is 2. The topological polar surface area (TPSA) is 76.2 Å². The Morgan fingerprint density at radius 2 is 1.89 bits per heavy atom. The van der Waals surface area contributed by atoms with Gasteiger partial charge in [-0.2, -0.15) is 0 Å². The summed E-state index contributed by atoms with van der Waals surface area (Å²) in [6.45, 7) is 1.84. The van der Waals surface area contributed by atoms with Crippen molar-refractivity contribution in [1.29, 1.82) is 0 Å². The molecule has 2 heterocycles. The molecule has 0 bridgehead atoms. The molecule has 6 nitrogen and oxygen atoms in total. The molecule has 4 aromatic rings. The first-order valence-corrected chi connectivity index (χ1v) is 9.49. The highest BCUT2D eigenvalue weighted by molar-refractivity contribution is 7.17. The predicted octanol–water partition coefficient (Wildman–Crippen LogP) is 4.87. The number of benzene rings is 2. The standard InChI is InChI=1S/C21H19N3O3S/c1-12-19(20(25)24-15-5-6-16-13(10-15)8-9-22-16)28-21(23-12)14-4-7-17(26-2)18(11-14)27-3/h4-11,22H,1-3H3,(H,24,25). The molecule has 4 rings (SSSR count). The van der Waals surface area contributed by atoms with Crippen molar-refractivity contribution in [3.05, 3.63) is 59.2 Å². The second-order valence-electron chi connectivity index (χ2n) is 6.24. The maximum absolute atomic E-state index is 12.8. The Bertz CT molecular complexity index is 1160. The van der Waals surface area contributed by atoms with Crippen LogP contribution < -0.4 is 14.8 Å². The fourth-order valence-electron chi connectivity index (χ4n) is 3.02. The number of hydrogen-bond acceptors (Lipinski definition) is 5. The number of fused-ring (bicyclic) bond motifs is 1. The quantitative estimate of drug-likeness (QED) is 0.507. The second-order valence-corrected chi connectivity index (χ2v) is 7.24. The molecule has 7 heteroatoms. The molecule has 0 atom stereocenters. The molecular weight excluding hydrogens is 374 g/mol. The number of methoxy groups -OCH3 is 2. The van der Waals surface area contributed by atoms with Crippen LogP contribution in [0, 0.1) is 6.92 Å². The minimum atomic E-state index is -0.170. The van der Waals surface area contributed by atoms with Gasteiger partial charge in [0, 0.05) is 28.4 Å². The number of carbonyl (C=O) groups is 1. The normalized spacial score (nSPS) is 10.8. The van der Waals surface area contributed by atoms with Gasteiger partial charge in [-0.25, -0.2) is 4.98 Å². The van der Waals surface area contributed by atoms with Gasteiger partial charge in [-0.3, -0.25) is 4.79 Å². The molecule has 0 saturated heterocycles. The zero-order chi connectivity index (χ0) is 19.7. The molecule has 0 aliphatic rings. The smallest absolute Gasteiger partial charge is 0.267 e. The number of hydrogen-bond donors (Lipinski definition) is 2. The van der Waals surface area contributed by atoms with Gasteiger partial charge in [0.2, 0.25) is 0 Å². The SMILES string of the molecule is COc1ccc(-c2nc(C)c(C(=O)Nc3ccc4[nH]ccc4c3)s2)cc1OC. The number of aromatic amines is 1. The van der Waals surface area contributed by atoms with Gasteiger partial charge in [0.15, 0.2) is 11.5 Å². The van der Waals surface area contributed by atoms with Gasteiger partial charge in [0.25, 0.3) is 5.91 Å². The summed E-state index contributed by atoms with van der Waals surface area (Å²) in [6, 6.07) is 13.3. The molecule has 0 aliphatic heterocycles. The molecule has 2 aromatic heterocycles. The van der Waals surface area contributed by atoms with Crippen molar-refractivity contribution in [2.45, 2.75) is 6.92 Å². The summed E-state index contributed by atoms with van der Waals surface area (Å²) < 4.78 is 10.6. The lowest BCUT2D eigenvalue weighted by molar-refractivity contribution is 0.103. The van der Waals surface area contributed by atoms with Crippen LogP contribution in [0.2, 0.25) is 0 Å². The Labute approximate surface area is 166 Å². The lowest BCUT2D eigenvalue weighted by atomic mass is 10.2. The van der Waals surface area contributed by atoms with Gasteiger partial charge < -0.3 is 19.8 Å². The number of nitrogens with zero attached hydrogens (tertiary/aromatic N) is 1. The predicted molar refractivity (Wildman–Crippen MR) is 112 cm³/mol. The number of H-pyrrole nitrogens is 1. The minimum absolute atomic E-state index is 0.170. The highest BCUT2D eigenvalue weighted by Crippen LogP contribution is 2.35. The van der Waals surface area contributed by atoms with Crippen molar-refractivity contribution in [1.82, 2.24) is 9.97 Å². The molecule has 2 N–H and O–H groups in total. The molecule has 0 fully saturated rings. The van der Waals surface area contributed by atoms with Crippen molar-refractivity contribution in [2.24, 2.45) is 0 Å². The summed E-state index contributed by atoms with van der Waals surface area (Å²) in [6.07, 6.45) is 1.87. The van der Waals surface area contributed by atoms with Gasteiger partial charge in [0.1, 0.15) is 9.88 Å². The summed E-state index contributed by atoms with van der Waals surface area (Å²) in [5.41, 5.74) is 3.34. The van der Waals surface area contributed by atoms with Crippen LogP contribution in [0.15, 0.2) is 48.7 Å². The summed E-state index contributed by atoms with van der Waals surface area (Å²) >= 11 is 1.35. The summed E-state index contributed by atoms with van der Waals surface area (Å²) in [5, 5.41) is 4.76. The van der Waals surface area contributed by atoms with Crippen molar-refractivity contribution < 1.29 is 14.3 Å². The fourth-order valence-corrected chi connectivity index (χ4v) is 3.98. The zero-order valence-corrected chi connectivity index (χ0v) is 16.5. The number of aryl methyl sites for hydroxylation is 1.